The molecule has 0 radical (unpaired) electrons. The molecule has 28 heavy (non-hydrogen) atoms. The first-order valence-electron chi connectivity index (χ1n) is 9.74. The Hall–Kier alpha value is -2.90. The number of nitrogens with one attached hydrogen (secondary N) is 2. The maximum atomic E-state index is 12.6. The van der Waals surface area contributed by atoms with E-state index in [1.54, 1.807) is 4.90 Å². The minimum absolute atomic E-state index is 0.0000563. The molecular weight excluding hydrogens is 360 g/mol. The van der Waals surface area contributed by atoms with Crippen LogP contribution < -0.4 is 10.6 Å². The lowest BCUT2D eigenvalue weighted by Crippen LogP contribution is -2.50. The van der Waals surface area contributed by atoms with Crippen LogP contribution in [0.1, 0.15) is 41.6 Å². The van der Waals surface area contributed by atoms with Crippen molar-refractivity contribution in [2.45, 2.75) is 37.6 Å². The fourth-order valence-corrected chi connectivity index (χ4v) is 4.32. The predicted molar refractivity (Wildman–Crippen MR) is 101 cm³/mol. The van der Waals surface area contributed by atoms with Crippen LogP contribution in [0.3, 0.4) is 0 Å². The van der Waals surface area contributed by atoms with Crippen molar-refractivity contribution in [3.05, 3.63) is 35.4 Å². The van der Waals surface area contributed by atoms with E-state index in [2.05, 4.69) is 10.6 Å². The van der Waals surface area contributed by atoms with Crippen LogP contribution in [-0.4, -0.2) is 65.3 Å². The Morgan fingerprint density at radius 2 is 1.96 bits per heavy atom. The summed E-state index contributed by atoms with van der Waals surface area (Å²) >= 11 is 0. The van der Waals surface area contributed by atoms with Gasteiger partial charge in [-0.15, -0.1) is 0 Å². The molecule has 4 rings (SSSR count). The van der Waals surface area contributed by atoms with Gasteiger partial charge in [-0.25, -0.2) is 4.79 Å². The van der Waals surface area contributed by atoms with Crippen LogP contribution in [0.25, 0.3) is 0 Å². The highest BCUT2D eigenvalue weighted by molar-refractivity contribution is 6.02. The Kier molecular flexibility index (Phi) is 4.78. The normalized spacial score (nSPS) is 24.2. The molecule has 5 amide bonds. The molecule has 0 saturated carbocycles. The molecule has 2 fully saturated rings. The SMILES string of the molecule is O=C1N[C@]2(CCc3ccccc31)CCN(C(=O)CCCN1C(=O)CNC1=O)C2. The van der Waals surface area contributed by atoms with Gasteiger partial charge in [0, 0.05) is 31.6 Å². The number of hydrogen-bond acceptors (Lipinski definition) is 4. The zero-order chi connectivity index (χ0) is 19.7. The number of imide groups is 1. The molecule has 148 valence electrons. The molecule has 0 aromatic heterocycles. The number of rotatable bonds is 4. The van der Waals surface area contributed by atoms with Gasteiger partial charge in [-0.1, -0.05) is 18.2 Å². The van der Waals surface area contributed by atoms with Crippen LogP contribution in [0.2, 0.25) is 0 Å². The molecule has 2 saturated heterocycles. The number of urea groups is 1. The van der Waals surface area contributed by atoms with Crippen molar-refractivity contribution in [2.24, 2.45) is 0 Å². The van der Waals surface area contributed by atoms with Gasteiger partial charge in [-0.2, -0.15) is 0 Å². The number of nitrogens with zero attached hydrogens (tertiary/aromatic N) is 2. The standard InChI is InChI=1S/C20H24N4O4/c25-16(6-3-10-24-17(26)12-21-19(24)28)23-11-9-20(13-23)8-7-14-4-1-2-5-15(14)18(27)22-20/h1-2,4-5H,3,6-13H2,(H,21,28)(H,22,27)/t20-/m1/s1. The van der Waals surface area contributed by atoms with Crippen LogP contribution in [0.4, 0.5) is 4.79 Å². The van der Waals surface area contributed by atoms with Crippen molar-refractivity contribution in [3.63, 3.8) is 0 Å². The molecule has 1 aromatic rings. The number of hydrogen-bond donors (Lipinski definition) is 2. The zero-order valence-corrected chi connectivity index (χ0v) is 15.7. The van der Waals surface area contributed by atoms with E-state index < -0.39 is 6.03 Å². The molecule has 1 spiro atoms. The van der Waals surface area contributed by atoms with Crippen molar-refractivity contribution >= 4 is 23.8 Å². The first-order valence-corrected chi connectivity index (χ1v) is 9.74. The summed E-state index contributed by atoms with van der Waals surface area (Å²) in [6.07, 6.45) is 3.08. The zero-order valence-electron chi connectivity index (χ0n) is 15.7. The van der Waals surface area contributed by atoms with Crippen molar-refractivity contribution in [3.8, 4) is 0 Å². The average molecular weight is 384 g/mol. The second-order valence-corrected chi connectivity index (χ2v) is 7.76. The topological polar surface area (TPSA) is 98.8 Å². The second-order valence-electron chi connectivity index (χ2n) is 7.76. The van der Waals surface area contributed by atoms with Crippen molar-refractivity contribution < 1.29 is 19.2 Å². The summed E-state index contributed by atoms with van der Waals surface area (Å²) in [4.78, 5) is 51.3. The molecule has 1 atom stereocenters. The van der Waals surface area contributed by atoms with E-state index in [-0.39, 0.29) is 42.8 Å². The van der Waals surface area contributed by atoms with Gasteiger partial charge in [-0.05, 0) is 37.3 Å². The highest BCUT2D eigenvalue weighted by atomic mass is 16.2. The summed E-state index contributed by atoms with van der Waals surface area (Å²) in [5.41, 5.74) is 1.39. The summed E-state index contributed by atoms with van der Waals surface area (Å²) in [5, 5.41) is 5.64. The summed E-state index contributed by atoms with van der Waals surface area (Å²) in [7, 11) is 0. The molecule has 0 bridgehead atoms. The van der Waals surface area contributed by atoms with E-state index in [0.717, 1.165) is 35.3 Å². The Morgan fingerprint density at radius 1 is 1.14 bits per heavy atom. The molecule has 1 aromatic carbocycles. The largest absolute Gasteiger partial charge is 0.345 e. The van der Waals surface area contributed by atoms with Crippen molar-refractivity contribution in [2.75, 3.05) is 26.2 Å². The lowest BCUT2D eigenvalue weighted by molar-refractivity contribution is -0.131. The van der Waals surface area contributed by atoms with Crippen LogP contribution >= 0.6 is 0 Å². The Morgan fingerprint density at radius 3 is 2.75 bits per heavy atom. The fraction of sp³-hybridized carbons (Fsp3) is 0.500. The van der Waals surface area contributed by atoms with E-state index in [4.69, 9.17) is 0 Å². The number of carbonyl (C=O) groups is 4. The van der Waals surface area contributed by atoms with Crippen molar-refractivity contribution in [1.29, 1.82) is 0 Å². The Balaban J connectivity index is 1.32. The molecular formula is C20H24N4O4. The van der Waals surface area contributed by atoms with E-state index in [0.29, 0.717) is 19.5 Å². The van der Waals surface area contributed by atoms with Gasteiger partial charge in [-0.3, -0.25) is 19.3 Å². The molecule has 0 aliphatic carbocycles. The molecule has 8 heteroatoms. The lowest BCUT2D eigenvalue weighted by Gasteiger charge is -2.29. The van der Waals surface area contributed by atoms with Crippen LogP contribution in [0, 0.1) is 0 Å². The lowest BCUT2D eigenvalue weighted by atomic mass is 9.91. The molecule has 3 heterocycles. The quantitative estimate of drug-likeness (QED) is 0.745. The number of amides is 5. The molecule has 2 N–H and O–H groups in total. The monoisotopic (exact) mass is 384 g/mol. The summed E-state index contributed by atoms with van der Waals surface area (Å²) in [5.74, 6) is -0.320. The number of fused-ring (bicyclic) bond motifs is 1. The minimum atomic E-state index is -0.390. The van der Waals surface area contributed by atoms with E-state index in [1.165, 1.54) is 0 Å². The number of benzene rings is 1. The maximum absolute atomic E-state index is 12.6. The number of likely N-dealkylation sites (tertiary alicyclic amines) is 1. The summed E-state index contributed by atoms with van der Waals surface area (Å²) < 4.78 is 0. The van der Waals surface area contributed by atoms with Gasteiger partial charge in [0.1, 0.15) is 0 Å². The summed E-state index contributed by atoms with van der Waals surface area (Å²) in [6.45, 7) is 1.40. The predicted octanol–water partition coefficient (Wildman–Crippen LogP) is 0.666. The van der Waals surface area contributed by atoms with E-state index >= 15 is 0 Å². The Labute approximate surface area is 163 Å². The third-order valence-electron chi connectivity index (χ3n) is 5.93. The van der Waals surface area contributed by atoms with Gasteiger partial charge in [0.25, 0.3) is 5.91 Å². The highest BCUT2D eigenvalue weighted by Crippen LogP contribution is 2.31. The van der Waals surface area contributed by atoms with Crippen LogP contribution in [0.5, 0.6) is 0 Å². The first kappa shape index (κ1) is 18.5. The number of carbonyl (C=O) groups excluding carboxylic acids is 4. The van der Waals surface area contributed by atoms with E-state index in [1.807, 2.05) is 24.3 Å². The molecule has 0 unspecified atom stereocenters. The highest BCUT2D eigenvalue weighted by Gasteiger charge is 2.42. The third-order valence-corrected chi connectivity index (χ3v) is 5.93. The van der Waals surface area contributed by atoms with Gasteiger partial charge in [0.05, 0.1) is 12.1 Å². The second kappa shape index (κ2) is 7.26. The molecule has 3 aliphatic rings. The summed E-state index contributed by atoms with van der Waals surface area (Å²) in [6, 6.07) is 7.25. The first-order chi connectivity index (χ1) is 13.5. The molecule has 3 aliphatic heterocycles. The average Bonchev–Trinajstić information content (AvgIpc) is 3.20. The van der Waals surface area contributed by atoms with Gasteiger partial charge in [0.2, 0.25) is 11.8 Å². The minimum Gasteiger partial charge on any atom is -0.345 e. The molecule has 8 nitrogen and oxygen atoms in total. The Bertz CT molecular complexity index is 823. The smallest absolute Gasteiger partial charge is 0.324 e. The van der Waals surface area contributed by atoms with Gasteiger partial charge in [0.15, 0.2) is 0 Å². The van der Waals surface area contributed by atoms with Crippen molar-refractivity contribution in [1.82, 2.24) is 20.4 Å². The van der Waals surface area contributed by atoms with Crippen LogP contribution in [0.15, 0.2) is 24.3 Å². The fourth-order valence-electron chi connectivity index (χ4n) is 4.32. The van der Waals surface area contributed by atoms with Gasteiger partial charge < -0.3 is 15.5 Å². The van der Waals surface area contributed by atoms with Gasteiger partial charge >= 0.3 is 6.03 Å². The maximum Gasteiger partial charge on any atom is 0.324 e. The van der Waals surface area contributed by atoms with E-state index in [9.17, 15) is 19.2 Å². The third kappa shape index (κ3) is 3.46. The van der Waals surface area contributed by atoms with Crippen LogP contribution in [-0.2, 0) is 16.0 Å². The number of aryl methyl sites for hydroxylation is 1.